The average molecular weight is 283 g/mol. The minimum absolute atomic E-state index is 0.203. The number of carboxylic acid groups (broad SMARTS) is 1. The SMILES string of the molecule is O=C(O)[C@H]1C[C@@H]1C(=O)c1cc(Cl)c2c(c1)OCCO2. The molecule has 0 radical (unpaired) electrons. The number of carbonyl (C=O) groups is 2. The van der Waals surface area contributed by atoms with Crippen LogP contribution in [0.4, 0.5) is 0 Å². The lowest BCUT2D eigenvalue weighted by Crippen LogP contribution is -2.16. The van der Waals surface area contributed by atoms with E-state index in [1.165, 1.54) is 6.07 Å². The molecule has 19 heavy (non-hydrogen) atoms. The van der Waals surface area contributed by atoms with Gasteiger partial charge in [-0.25, -0.2) is 0 Å². The summed E-state index contributed by atoms with van der Waals surface area (Å²) >= 11 is 6.04. The van der Waals surface area contributed by atoms with Gasteiger partial charge in [-0.1, -0.05) is 11.6 Å². The van der Waals surface area contributed by atoms with Crippen LogP contribution in [0, 0.1) is 11.8 Å². The molecule has 0 saturated heterocycles. The molecule has 100 valence electrons. The second kappa shape index (κ2) is 4.42. The van der Waals surface area contributed by atoms with E-state index in [2.05, 4.69) is 0 Å². The van der Waals surface area contributed by atoms with Gasteiger partial charge in [0.2, 0.25) is 0 Å². The van der Waals surface area contributed by atoms with E-state index >= 15 is 0 Å². The number of carbonyl (C=O) groups excluding carboxylic acids is 1. The molecule has 0 aromatic heterocycles. The summed E-state index contributed by atoms with van der Waals surface area (Å²) in [5.41, 5.74) is 0.378. The van der Waals surface area contributed by atoms with Crippen molar-refractivity contribution < 1.29 is 24.2 Å². The maximum absolute atomic E-state index is 12.1. The number of rotatable bonds is 3. The molecule has 1 aromatic carbocycles. The van der Waals surface area contributed by atoms with Crippen LogP contribution in [0.15, 0.2) is 12.1 Å². The van der Waals surface area contributed by atoms with Crippen molar-refractivity contribution in [3.05, 3.63) is 22.7 Å². The predicted octanol–water partition coefficient (Wildman–Crippen LogP) is 2.01. The summed E-state index contributed by atoms with van der Waals surface area (Å²) in [5, 5.41) is 9.16. The summed E-state index contributed by atoms with van der Waals surface area (Å²) in [6.07, 6.45) is 0.389. The second-order valence-corrected chi connectivity index (χ2v) is 5.04. The van der Waals surface area contributed by atoms with Gasteiger partial charge in [0.05, 0.1) is 10.9 Å². The van der Waals surface area contributed by atoms with Crippen molar-refractivity contribution in [1.29, 1.82) is 0 Å². The van der Waals surface area contributed by atoms with Crippen LogP contribution in [-0.2, 0) is 4.79 Å². The normalized spacial score (nSPS) is 23.8. The summed E-state index contributed by atoms with van der Waals surface area (Å²) in [7, 11) is 0. The number of fused-ring (bicyclic) bond motifs is 1. The maximum Gasteiger partial charge on any atom is 0.307 e. The summed E-state index contributed by atoms with van der Waals surface area (Å²) in [6, 6.07) is 3.08. The highest BCUT2D eigenvalue weighted by Gasteiger charge is 2.48. The number of hydrogen-bond acceptors (Lipinski definition) is 4. The molecule has 1 fully saturated rings. The lowest BCUT2D eigenvalue weighted by Gasteiger charge is -2.20. The van der Waals surface area contributed by atoms with E-state index in [0.29, 0.717) is 41.7 Å². The standard InChI is InChI=1S/C13H11ClO5/c14-9-3-6(4-10-12(9)19-2-1-18-10)11(15)7-5-8(7)13(16)17/h3-4,7-8H,1-2,5H2,(H,16,17)/t7-,8-/m0/s1. The maximum atomic E-state index is 12.1. The quantitative estimate of drug-likeness (QED) is 0.859. The number of hydrogen-bond donors (Lipinski definition) is 1. The Balaban J connectivity index is 1.88. The zero-order chi connectivity index (χ0) is 13.6. The smallest absolute Gasteiger partial charge is 0.307 e. The molecular weight excluding hydrogens is 272 g/mol. The predicted molar refractivity (Wildman–Crippen MR) is 66.0 cm³/mol. The van der Waals surface area contributed by atoms with Crippen LogP contribution < -0.4 is 9.47 Å². The van der Waals surface area contributed by atoms with Gasteiger partial charge in [0.1, 0.15) is 13.2 Å². The molecule has 1 aromatic rings. The Hall–Kier alpha value is -1.75. The van der Waals surface area contributed by atoms with Crippen LogP contribution in [0.25, 0.3) is 0 Å². The van der Waals surface area contributed by atoms with Crippen LogP contribution in [0.5, 0.6) is 11.5 Å². The molecule has 0 amide bonds. The van der Waals surface area contributed by atoms with Crippen molar-refractivity contribution in [2.75, 3.05) is 13.2 Å². The molecule has 1 saturated carbocycles. The molecule has 2 aliphatic rings. The van der Waals surface area contributed by atoms with Crippen molar-refractivity contribution in [2.24, 2.45) is 11.8 Å². The zero-order valence-corrected chi connectivity index (χ0v) is 10.6. The monoisotopic (exact) mass is 282 g/mol. The van der Waals surface area contributed by atoms with Gasteiger partial charge in [0, 0.05) is 11.5 Å². The molecule has 5 nitrogen and oxygen atoms in total. The van der Waals surface area contributed by atoms with E-state index in [9.17, 15) is 9.59 Å². The van der Waals surface area contributed by atoms with Gasteiger partial charge in [-0.3, -0.25) is 9.59 Å². The molecule has 6 heteroatoms. The number of benzene rings is 1. The average Bonchev–Trinajstić information content (AvgIpc) is 3.18. The van der Waals surface area contributed by atoms with E-state index in [4.69, 9.17) is 26.2 Å². The van der Waals surface area contributed by atoms with E-state index < -0.39 is 17.8 Å². The van der Waals surface area contributed by atoms with Crippen LogP contribution in [0.3, 0.4) is 0 Å². The molecule has 1 aliphatic heterocycles. The number of aliphatic carboxylic acids is 1. The second-order valence-electron chi connectivity index (χ2n) is 4.63. The fourth-order valence-electron chi connectivity index (χ4n) is 2.22. The van der Waals surface area contributed by atoms with Gasteiger partial charge in [-0.05, 0) is 18.6 Å². The van der Waals surface area contributed by atoms with Gasteiger partial charge in [-0.15, -0.1) is 0 Å². The Labute approximate surface area is 114 Å². The van der Waals surface area contributed by atoms with Crippen LogP contribution in [0.2, 0.25) is 5.02 Å². The van der Waals surface area contributed by atoms with Crippen molar-refractivity contribution >= 4 is 23.4 Å². The Morgan fingerprint density at radius 1 is 1.21 bits per heavy atom. The van der Waals surface area contributed by atoms with E-state index in [1.807, 2.05) is 0 Å². The summed E-state index contributed by atoms with van der Waals surface area (Å²) in [5.74, 6) is -1.27. The van der Waals surface area contributed by atoms with Crippen molar-refractivity contribution in [2.45, 2.75) is 6.42 Å². The Kier molecular flexibility index (Phi) is 2.86. The molecule has 0 bridgehead atoms. The Morgan fingerprint density at radius 3 is 2.63 bits per heavy atom. The third-order valence-electron chi connectivity index (χ3n) is 3.33. The third kappa shape index (κ3) is 2.14. The molecule has 3 rings (SSSR count). The zero-order valence-electron chi connectivity index (χ0n) is 9.89. The fraction of sp³-hybridized carbons (Fsp3) is 0.385. The molecule has 2 atom stereocenters. The molecule has 1 aliphatic carbocycles. The Bertz CT molecular complexity index is 568. The Morgan fingerprint density at radius 2 is 1.95 bits per heavy atom. The number of ether oxygens (including phenoxy) is 2. The highest BCUT2D eigenvalue weighted by Crippen LogP contribution is 2.44. The first-order chi connectivity index (χ1) is 9.08. The van der Waals surface area contributed by atoms with Gasteiger partial charge in [0.25, 0.3) is 0 Å². The van der Waals surface area contributed by atoms with Crippen molar-refractivity contribution in [3.8, 4) is 11.5 Å². The molecule has 1 heterocycles. The summed E-state index contributed by atoms with van der Waals surface area (Å²) < 4.78 is 10.8. The number of carboxylic acids is 1. The fourth-order valence-corrected chi connectivity index (χ4v) is 2.49. The summed E-state index contributed by atoms with van der Waals surface area (Å²) in [6.45, 7) is 0.825. The molecule has 0 unspecified atom stereocenters. The molecule has 0 spiro atoms. The minimum atomic E-state index is -0.929. The van der Waals surface area contributed by atoms with Crippen molar-refractivity contribution in [3.63, 3.8) is 0 Å². The summed E-state index contributed by atoms with van der Waals surface area (Å²) in [4.78, 5) is 22.9. The topological polar surface area (TPSA) is 72.8 Å². The first kappa shape index (κ1) is 12.3. The van der Waals surface area contributed by atoms with Crippen LogP contribution in [0.1, 0.15) is 16.8 Å². The lowest BCUT2D eigenvalue weighted by atomic mass is 10.0. The van der Waals surface area contributed by atoms with E-state index in [0.717, 1.165) is 0 Å². The van der Waals surface area contributed by atoms with Crippen LogP contribution >= 0.6 is 11.6 Å². The first-order valence-corrected chi connectivity index (χ1v) is 6.32. The van der Waals surface area contributed by atoms with Gasteiger partial charge in [0.15, 0.2) is 17.3 Å². The number of Topliss-reactive ketones (excluding diaryl/α,β-unsaturated/α-hetero) is 1. The van der Waals surface area contributed by atoms with Crippen molar-refractivity contribution in [1.82, 2.24) is 0 Å². The molecular formula is C13H11ClO5. The number of halogens is 1. The van der Waals surface area contributed by atoms with Gasteiger partial charge < -0.3 is 14.6 Å². The molecule has 1 N–H and O–H groups in total. The third-order valence-corrected chi connectivity index (χ3v) is 3.61. The highest BCUT2D eigenvalue weighted by atomic mass is 35.5. The number of ketones is 1. The van der Waals surface area contributed by atoms with Gasteiger partial charge >= 0.3 is 5.97 Å². The van der Waals surface area contributed by atoms with E-state index in [-0.39, 0.29) is 5.78 Å². The first-order valence-electron chi connectivity index (χ1n) is 5.94. The van der Waals surface area contributed by atoms with Gasteiger partial charge in [-0.2, -0.15) is 0 Å². The largest absolute Gasteiger partial charge is 0.486 e. The highest BCUT2D eigenvalue weighted by molar-refractivity contribution is 6.32. The van der Waals surface area contributed by atoms with E-state index in [1.54, 1.807) is 6.07 Å². The van der Waals surface area contributed by atoms with Crippen LogP contribution in [-0.4, -0.2) is 30.1 Å². The minimum Gasteiger partial charge on any atom is -0.486 e. The lowest BCUT2D eigenvalue weighted by molar-refractivity contribution is -0.138.